The molecule has 0 spiro atoms. The third-order valence-corrected chi connectivity index (χ3v) is 1.93. The zero-order valence-electron chi connectivity index (χ0n) is 9.14. The summed E-state index contributed by atoms with van der Waals surface area (Å²) in [6, 6.07) is -1.05. The second kappa shape index (κ2) is 5.80. The number of nitrogens with one attached hydrogen (secondary N) is 2. The number of hydrogen-bond donors (Lipinski definition) is 4. The number of ether oxygens (including phenoxy) is 1. The number of carboxylic acids is 1. The van der Waals surface area contributed by atoms with Gasteiger partial charge in [0.05, 0.1) is 0 Å². The van der Waals surface area contributed by atoms with Gasteiger partial charge in [0.25, 0.3) is 5.91 Å². The van der Waals surface area contributed by atoms with Crippen LogP contribution in [0.1, 0.15) is 17.0 Å². The van der Waals surface area contributed by atoms with Crippen molar-refractivity contribution >= 4 is 17.8 Å². The van der Waals surface area contributed by atoms with Gasteiger partial charge in [0, 0.05) is 20.1 Å². The minimum Gasteiger partial charge on any atom is -0.480 e. The molecule has 1 unspecified atom stereocenters. The maximum absolute atomic E-state index is 11.5. The topological polar surface area (TPSA) is 143 Å². The number of rotatable bonds is 6. The maximum atomic E-state index is 11.5. The molecule has 1 heterocycles. The van der Waals surface area contributed by atoms with E-state index in [2.05, 4.69) is 20.5 Å². The van der Waals surface area contributed by atoms with E-state index in [4.69, 9.17) is 15.6 Å². The quantitative estimate of drug-likeness (QED) is 0.481. The molecule has 0 aliphatic carbocycles. The molecule has 0 saturated heterocycles. The number of nitrogen functional groups attached to an aromatic ring is 1. The molecular weight excluding hydrogens is 230 g/mol. The molecule has 0 fully saturated rings. The molecular formula is C8H13N5O4. The van der Waals surface area contributed by atoms with E-state index in [0.29, 0.717) is 0 Å². The molecule has 0 aliphatic rings. The molecule has 0 aliphatic heterocycles. The van der Waals surface area contributed by atoms with Crippen molar-refractivity contribution in [3.05, 3.63) is 5.82 Å². The standard InChI is InChI=1S/C8H13N5O4/c1-17-3-2-4(7(15)16)10-6(14)5-11-8(9)13-12-5/h4H,2-3H2,1H3,(H,10,14)(H,15,16)(H3,9,11,12,13). The Hall–Kier alpha value is -2.16. The molecule has 0 aromatic carbocycles. The Morgan fingerprint density at radius 2 is 2.35 bits per heavy atom. The van der Waals surface area contributed by atoms with Crippen LogP contribution >= 0.6 is 0 Å². The van der Waals surface area contributed by atoms with Crippen molar-refractivity contribution in [2.75, 3.05) is 19.5 Å². The first kappa shape index (κ1) is 12.9. The number of nitrogens with two attached hydrogens (primary N) is 1. The van der Waals surface area contributed by atoms with Crippen LogP contribution in [0.4, 0.5) is 5.95 Å². The SMILES string of the molecule is COCCC(NC(=O)c1nc(N)n[nH]1)C(=O)O. The number of hydrogen-bond acceptors (Lipinski definition) is 6. The monoisotopic (exact) mass is 243 g/mol. The van der Waals surface area contributed by atoms with Crippen molar-refractivity contribution in [3.63, 3.8) is 0 Å². The summed E-state index contributed by atoms with van der Waals surface area (Å²) in [6.45, 7) is 0.218. The third kappa shape index (κ3) is 3.72. The average Bonchev–Trinajstić information content (AvgIpc) is 2.70. The number of carboxylic acid groups (broad SMARTS) is 1. The summed E-state index contributed by atoms with van der Waals surface area (Å²) < 4.78 is 4.74. The number of carbonyl (C=O) groups is 2. The van der Waals surface area contributed by atoms with Crippen molar-refractivity contribution in [3.8, 4) is 0 Å². The minimum absolute atomic E-state index is 0.0843. The van der Waals surface area contributed by atoms with Crippen LogP contribution in [0.15, 0.2) is 0 Å². The lowest BCUT2D eigenvalue weighted by Gasteiger charge is -2.12. The fourth-order valence-electron chi connectivity index (χ4n) is 1.10. The number of carbonyl (C=O) groups excluding carboxylic acids is 1. The molecule has 5 N–H and O–H groups in total. The molecule has 1 aromatic heterocycles. The van der Waals surface area contributed by atoms with Crippen LogP contribution in [0.25, 0.3) is 0 Å². The summed E-state index contributed by atoms with van der Waals surface area (Å²) in [7, 11) is 1.44. The van der Waals surface area contributed by atoms with E-state index in [9.17, 15) is 9.59 Å². The summed E-state index contributed by atoms with van der Waals surface area (Å²) in [5.74, 6) is -2.05. The first-order chi connectivity index (χ1) is 8.04. The van der Waals surface area contributed by atoms with Crippen LogP contribution in [0.3, 0.4) is 0 Å². The van der Waals surface area contributed by atoms with Gasteiger partial charge in [-0.05, 0) is 0 Å². The number of anilines is 1. The van der Waals surface area contributed by atoms with Crippen LogP contribution in [0.5, 0.6) is 0 Å². The molecule has 9 nitrogen and oxygen atoms in total. The lowest BCUT2D eigenvalue weighted by atomic mass is 10.2. The van der Waals surface area contributed by atoms with Crippen LogP contribution in [-0.4, -0.2) is 51.9 Å². The Bertz CT molecular complexity index is 404. The highest BCUT2D eigenvalue weighted by molar-refractivity contribution is 5.93. The largest absolute Gasteiger partial charge is 0.480 e. The lowest BCUT2D eigenvalue weighted by Crippen LogP contribution is -2.41. The molecule has 1 rings (SSSR count). The summed E-state index contributed by atoms with van der Waals surface area (Å²) >= 11 is 0. The number of aliphatic carboxylic acids is 1. The van der Waals surface area contributed by atoms with Gasteiger partial charge in [-0.1, -0.05) is 0 Å². The van der Waals surface area contributed by atoms with Gasteiger partial charge in [0.1, 0.15) is 6.04 Å². The lowest BCUT2D eigenvalue weighted by molar-refractivity contribution is -0.139. The molecule has 1 aromatic rings. The number of aromatic amines is 1. The van der Waals surface area contributed by atoms with E-state index < -0.39 is 17.9 Å². The summed E-state index contributed by atoms with van der Waals surface area (Å²) in [5, 5.41) is 16.9. The van der Waals surface area contributed by atoms with Gasteiger partial charge >= 0.3 is 5.97 Å². The van der Waals surface area contributed by atoms with Crippen molar-refractivity contribution in [2.24, 2.45) is 0 Å². The van der Waals surface area contributed by atoms with Gasteiger partial charge < -0.3 is 20.9 Å². The second-order valence-electron chi connectivity index (χ2n) is 3.19. The van der Waals surface area contributed by atoms with Crippen LogP contribution in [-0.2, 0) is 9.53 Å². The highest BCUT2D eigenvalue weighted by atomic mass is 16.5. The first-order valence-corrected chi connectivity index (χ1v) is 4.75. The van der Waals surface area contributed by atoms with Crippen LogP contribution in [0.2, 0.25) is 0 Å². The number of nitrogens with zero attached hydrogens (tertiary/aromatic N) is 2. The van der Waals surface area contributed by atoms with Gasteiger partial charge in [0.15, 0.2) is 0 Å². The minimum atomic E-state index is -1.15. The Balaban J connectivity index is 2.60. The number of amides is 1. The van der Waals surface area contributed by atoms with Gasteiger partial charge in [0.2, 0.25) is 11.8 Å². The third-order valence-electron chi connectivity index (χ3n) is 1.93. The Morgan fingerprint density at radius 3 is 2.82 bits per heavy atom. The van der Waals surface area contributed by atoms with Crippen LogP contribution < -0.4 is 11.1 Å². The van der Waals surface area contributed by atoms with Crippen molar-refractivity contribution in [1.29, 1.82) is 0 Å². The smallest absolute Gasteiger partial charge is 0.326 e. The first-order valence-electron chi connectivity index (χ1n) is 4.75. The van der Waals surface area contributed by atoms with Gasteiger partial charge in [-0.2, -0.15) is 4.98 Å². The van der Waals surface area contributed by atoms with Gasteiger partial charge in [-0.15, -0.1) is 5.10 Å². The van der Waals surface area contributed by atoms with Gasteiger partial charge in [-0.3, -0.25) is 9.89 Å². The van der Waals surface area contributed by atoms with E-state index in [1.54, 1.807) is 0 Å². The van der Waals surface area contributed by atoms with Crippen molar-refractivity contribution in [1.82, 2.24) is 20.5 Å². The number of aromatic nitrogens is 3. The van der Waals surface area contributed by atoms with E-state index >= 15 is 0 Å². The van der Waals surface area contributed by atoms with E-state index in [-0.39, 0.29) is 24.8 Å². The molecule has 17 heavy (non-hydrogen) atoms. The molecule has 94 valence electrons. The highest BCUT2D eigenvalue weighted by Gasteiger charge is 2.21. The molecule has 0 bridgehead atoms. The average molecular weight is 243 g/mol. The summed E-state index contributed by atoms with van der Waals surface area (Å²) in [6.07, 6.45) is 0.154. The van der Waals surface area contributed by atoms with E-state index in [0.717, 1.165) is 0 Å². The fourth-order valence-corrected chi connectivity index (χ4v) is 1.10. The van der Waals surface area contributed by atoms with Crippen molar-refractivity contribution < 1.29 is 19.4 Å². The second-order valence-corrected chi connectivity index (χ2v) is 3.19. The Labute approximate surface area is 96.4 Å². The number of H-pyrrole nitrogens is 1. The maximum Gasteiger partial charge on any atom is 0.326 e. The van der Waals surface area contributed by atoms with E-state index in [1.807, 2.05) is 0 Å². The molecule has 9 heteroatoms. The van der Waals surface area contributed by atoms with E-state index in [1.165, 1.54) is 7.11 Å². The summed E-state index contributed by atoms with van der Waals surface area (Å²) in [4.78, 5) is 25.9. The molecule has 0 saturated carbocycles. The predicted molar refractivity (Wildman–Crippen MR) is 56.2 cm³/mol. The Morgan fingerprint density at radius 1 is 1.65 bits per heavy atom. The zero-order chi connectivity index (χ0) is 12.8. The molecule has 1 atom stereocenters. The fraction of sp³-hybridized carbons (Fsp3) is 0.500. The molecule has 1 amide bonds. The van der Waals surface area contributed by atoms with Gasteiger partial charge in [-0.25, -0.2) is 4.79 Å². The van der Waals surface area contributed by atoms with Crippen molar-refractivity contribution in [2.45, 2.75) is 12.5 Å². The summed E-state index contributed by atoms with van der Waals surface area (Å²) in [5.41, 5.74) is 5.22. The molecule has 0 radical (unpaired) electrons. The zero-order valence-corrected chi connectivity index (χ0v) is 9.14. The highest BCUT2D eigenvalue weighted by Crippen LogP contribution is 1.97. The Kier molecular flexibility index (Phi) is 4.40. The predicted octanol–water partition coefficient (Wildman–Crippen LogP) is -1.39. The number of methoxy groups -OCH3 is 1. The normalized spacial score (nSPS) is 12.1. The van der Waals surface area contributed by atoms with Crippen LogP contribution in [0, 0.1) is 0 Å².